The molecule has 280 valence electrons. The summed E-state index contributed by atoms with van der Waals surface area (Å²) in [5.74, 6) is -9.37. The molecule has 5 rings (SSSR count). The quantitative estimate of drug-likeness (QED) is 0.197. The number of carbonyl (C=O) groups is 8. The molecule has 3 heterocycles. The lowest BCUT2D eigenvalue weighted by Crippen LogP contribution is -2.63. The Bertz CT molecular complexity index is 1760. The number of ether oxygens (including phenoxy) is 10. The Morgan fingerprint density at radius 3 is 2.02 bits per heavy atom. The average molecular weight is 733 g/mol. The summed E-state index contributed by atoms with van der Waals surface area (Å²) in [6.45, 7) is 5.90. The van der Waals surface area contributed by atoms with Gasteiger partial charge in [-0.05, 0) is 18.2 Å². The number of hydrogen-bond donors (Lipinski definition) is 0. The number of methoxy groups -OCH3 is 1. The van der Waals surface area contributed by atoms with Gasteiger partial charge in [0.1, 0.15) is 35.9 Å². The minimum atomic E-state index is -2.29. The normalized spacial score (nSPS) is 29.8. The van der Waals surface area contributed by atoms with Crippen LogP contribution in [0.15, 0.2) is 18.2 Å². The monoisotopic (exact) mass is 732 g/mol. The van der Waals surface area contributed by atoms with Crippen molar-refractivity contribution in [3.05, 3.63) is 29.3 Å². The number of benzene rings is 1. The first kappa shape index (κ1) is 37.9. The molecule has 18 nitrogen and oxygen atoms in total. The third-order valence-corrected chi connectivity index (χ3v) is 8.55. The summed E-state index contributed by atoms with van der Waals surface area (Å²) in [5, 5.41) is 0. The van der Waals surface area contributed by atoms with Gasteiger partial charge in [0, 0.05) is 59.1 Å². The van der Waals surface area contributed by atoms with Crippen molar-refractivity contribution < 1.29 is 85.7 Å². The first-order valence-electron chi connectivity index (χ1n) is 16.0. The van der Waals surface area contributed by atoms with E-state index in [1.165, 1.54) is 12.1 Å². The van der Waals surface area contributed by atoms with Crippen molar-refractivity contribution in [2.45, 2.75) is 102 Å². The van der Waals surface area contributed by atoms with Crippen molar-refractivity contribution in [1.29, 1.82) is 0 Å². The average Bonchev–Trinajstić information content (AvgIpc) is 3.31. The molecule has 0 radical (unpaired) electrons. The molecule has 0 saturated carbocycles. The summed E-state index contributed by atoms with van der Waals surface area (Å²) in [5.41, 5.74) is -1.26. The van der Waals surface area contributed by atoms with Gasteiger partial charge < -0.3 is 47.4 Å². The van der Waals surface area contributed by atoms with E-state index in [1.807, 2.05) is 0 Å². The molecule has 1 spiro atoms. The molecule has 1 aromatic carbocycles. The standard InChI is InChI=1S/C34H36O18/c1-14(35)44-12-24-28(46-16(3)37)30(47-17(4)38)31(48-18(5)39)29(49-24)26-22(45-15(2)36)9-8-20-21-10-25(41)34(50-19(6)40)13-33(21,52-27(20)26)11-23(51-34)32(42)43-7/h8-10,23-24,28-31H,11-13H2,1-7H3. The molecule has 0 aromatic heterocycles. The summed E-state index contributed by atoms with van der Waals surface area (Å²) in [6, 6.07) is 2.82. The second-order valence-electron chi connectivity index (χ2n) is 12.4. The third kappa shape index (κ3) is 7.20. The molecule has 0 amide bonds. The van der Waals surface area contributed by atoms with E-state index in [-0.39, 0.29) is 34.6 Å². The van der Waals surface area contributed by atoms with Gasteiger partial charge >= 0.3 is 41.8 Å². The zero-order valence-electron chi connectivity index (χ0n) is 29.2. The van der Waals surface area contributed by atoms with Gasteiger partial charge in [-0.1, -0.05) is 0 Å². The van der Waals surface area contributed by atoms with Gasteiger partial charge in [-0.2, -0.15) is 0 Å². The molecule has 52 heavy (non-hydrogen) atoms. The minimum Gasteiger partial charge on any atom is -0.481 e. The lowest BCUT2D eigenvalue weighted by Gasteiger charge is -2.48. The molecular weight excluding hydrogens is 696 g/mol. The van der Waals surface area contributed by atoms with E-state index in [0.29, 0.717) is 0 Å². The van der Waals surface area contributed by atoms with Gasteiger partial charge in [-0.3, -0.25) is 33.6 Å². The molecule has 2 fully saturated rings. The molecule has 8 atom stereocenters. The third-order valence-electron chi connectivity index (χ3n) is 8.55. The highest BCUT2D eigenvalue weighted by Gasteiger charge is 2.66. The van der Waals surface area contributed by atoms with Crippen molar-refractivity contribution in [3.63, 3.8) is 0 Å². The smallest absolute Gasteiger partial charge is 0.335 e. The first-order valence-corrected chi connectivity index (χ1v) is 16.0. The van der Waals surface area contributed by atoms with Gasteiger partial charge in [0.25, 0.3) is 5.79 Å². The largest absolute Gasteiger partial charge is 0.481 e. The highest BCUT2D eigenvalue weighted by atomic mass is 16.7. The summed E-state index contributed by atoms with van der Waals surface area (Å²) >= 11 is 0. The second kappa shape index (κ2) is 14.3. The highest BCUT2D eigenvalue weighted by Crippen LogP contribution is 2.60. The van der Waals surface area contributed by atoms with E-state index < -0.39 is 109 Å². The zero-order chi connectivity index (χ0) is 38.3. The maximum absolute atomic E-state index is 13.7. The van der Waals surface area contributed by atoms with Crippen LogP contribution in [-0.4, -0.2) is 103 Å². The second-order valence-corrected chi connectivity index (χ2v) is 12.4. The SMILES string of the molecule is COC(=O)C1CC23CC(OC(C)=O)(O1)C(=O)C=C2c1ccc(OC(C)=O)c(C2OC(COC(C)=O)C(OC(C)=O)C(OC(C)=O)C2OC(C)=O)c1O3. The number of ketones is 1. The van der Waals surface area contributed by atoms with Gasteiger partial charge in [-0.25, -0.2) is 4.79 Å². The molecule has 8 unspecified atom stereocenters. The fourth-order valence-corrected chi connectivity index (χ4v) is 6.92. The van der Waals surface area contributed by atoms with Crippen molar-refractivity contribution in [2.75, 3.05) is 13.7 Å². The van der Waals surface area contributed by atoms with Crippen LogP contribution in [0.25, 0.3) is 5.57 Å². The van der Waals surface area contributed by atoms with Crippen LogP contribution in [0.3, 0.4) is 0 Å². The molecule has 2 saturated heterocycles. The van der Waals surface area contributed by atoms with Gasteiger partial charge in [-0.15, -0.1) is 0 Å². The van der Waals surface area contributed by atoms with Crippen LogP contribution < -0.4 is 9.47 Å². The van der Waals surface area contributed by atoms with E-state index in [1.54, 1.807) is 0 Å². The molecule has 2 bridgehead atoms. The number of esters is 7. The van der Waals surface area contributed by atoms with Gasteiger partial charge in [0.05, 0.1) is 19.1 Å². The Labute approximate surface area is 295 Å². The Balaban J connectivity index is 1.75. The van der Waals surface area contributed by atoms with Crippen LogP contribution in [0.5, 0.6) is 11.5 Å². The zero-order valence-corrected chi connectivity index (χ0v) is 29.2. The van der Waals surface area contributed by atoms with Crippen molar-refractivity contribution in [2.24, 2.45) is 0 Å². The van der Waals surface area contributed by atoms with E-state index in [2.05, 4.69) is 0 Å². The molecule has 1 aliphatic carbocycles. The molecule has 3 aliphatic heterocycles. The maximum atomic E-state index is 13.7. The Kier molecular flexibility index (Phi) is 10.4. The molecule has 18 heteroatoms. The number of fused-ring (bicyclic) bond motifs is 3. The summed E-state index contributed by atoms with van der Waals surface area (Å²) in [7, 11) is 1.10. The Morgan fingerprint density at radius 1 is 0.808 bits per heavy atom. The number of hydrogen-bond acceptors (Lipinski definition) is 18. The predicted octanol–water partition coefficient (Wildman–Crippen LogP) is 1.12. The lowest BCUT2D eigenvalue weighted by molar-refractivity contribution is -0.273. The van der Waals surface area contributed by atoms with Crippen molar-refractivity contribution in [3.8, 4) is 11.5 Å². The van der Waals surface area contributed by atoms with Crippen LogP contribution in [0.1, 0.15) is 71.6 Å². The Morgan fingerprint density at radius 2 is 1.44 bits per heavy atom. The lowest BCUT2D eigenvalue weighted by atomic mass is 9.72. The van der Waals surface area contributed by atoms with Crippen LogP contribution in [0.4, 0.5) is 0 Å². The van der Waals surface area contributed by atoms with Crippen molar-refractivity contribution in [1.82, 2.24) is 0 Å². The molecular formula is C34H36O18. The van der Waals surface area contributed by atoms with Crippen LogP contribution in [0, 0.1) is 0 Å². The van der Waals surface area contributed by atoms with Gasteiger partial charge in [0.2, 0.25) is 5.78 Å². The van der Waals surface area contributed by atoms with Crippen LogP contribution >= 0.6 is 0 Å². The maximum Gasteiger partial charge on any atom is 0.335 e. The van der Waals surface area contributed by atoms with E-state index >= 15 is 0 Å². The van der Waals surface area contributed by atoms with Crippen LogP contribution in [0.2, 0.25) is 0 Å². The van der Waals surface area contributed by atoms with E-state index in [9.17, 15) is 38.4 Å². The molecule has 4 aliphatic rings. The van der Waals surface area contributed by atoms with Gasteiger partial charge in [0.15, 0.2) is 24.4 Å². The summed E-state index contributed by atoms with van der Waals surface area (Å²) < 4.78 is 56.6. The first-order chi connectivity index (χ1) is 24.4. The number of carbonyl (C=O) groups excluding carboxylic acids is 8. The number of rotatable bonds is 9. The molecule has 0 N–H and O–H groups in total. The fraction of sp³-hybridized carbons (Fsp3) is 0.529. The predicted molar refractivity (Wildman–Crippen MR) is 166 cm³/mol. The summed E-state index contributed by atoms with van der Waals surface area (Å²) in [4.78, 5) is 101. The fourth-order valence-electron chi connectivity index (χ4n) is 6.92. The van der Waals surface area contributed by atoms with E-state index in [4.69, 9.17) is 47.4 Å². The van der Waals surface area contributed by atoms with Crippen molar-refractivity contribution >= 4 is 53.1 Å². The minimum absolute atomic E-state index is 0.0946. The Hall–Kier alpha value is -5.36. The topological polar surface area (TPSA) is 229 Å². The van der Waals surface area contributed by atoms with E-state index in [0.717, 1.165) is 54.7 Å². The highest BCUT2D eigenvalue weighted by molar-refractivity contribution is 6.08. The van der Waals surface area contributed by atoms with Crippen LogP contribution in [-0.2, 0) is 76.3 Å². The summed E-state index contributed by atoms with van der Waals surface area (Å²) in [6.07, 6.45) is -8.72. The molecule has 1 aromatic rings.